The normalized spacial score (nSPS) is 14.5. The SMILES string of the molecule is CCCC[Te]/C(C)=C(/C(O)CCC)S(=O)(=O)c1ccccc1. The molecule has 0 heterocycles. The predicted octanol–water partition coefficient (Wildman–Crippen LogP) is 3.78. The number of rotatable bonds is 9. The molecule has 1 aromatic carbocycles. The standard InChI is InChI=1S/C17H26O3STe/c1-4-6-13-22-14(3)17(16(18)10-5-2)21(19,20)15-11-8-7-9-12-15/h7-9,11-12,16,18H,4-6,10,13H2,1-3H3/b17-14-. The van der Waals surface area contributed by atoms with Crippen LogP contribution < -0.4 is 0 Å². The second kappa shape index (κ2) is 9.72. The van der Waals surface area contributed by atoms with Crippen molar-refractivity contribution >= 4 is 30.8 Å². The summed E-state index contributed by atoms with van der Waals surface area (Å²) in [4.78, 5) is 0.543. The summed E-state index contributed by atoms with van der Waals surface area (Å²) in [5, 5.41) is 10.4. The van der Waals surface area contributed by atoms with Crippen molar-refractivity contribution in [3.05, 3.63) is 38.9 Å². The van der Waals surface area contributed by atoms with Gasteiger partial charge in [-0.25, -0.2) is 0 Å². The van der Waals surface area contributed by atoms with Gasteiger partial charge in [0.05, 0.1) is 0 Å². The van der Waals surface area contributed by atoms with E-state index in [1.165, 1.54) is 0 Å². The number of aliphatic hydroxyl groups excluding tert-OH is 1. The molecular formula is C17H26O3STe. The zero-order chi connectivity index (χ0) is 16.6. The van der Waals surface area contributed by atoms with Gasteiger partial charge in [0.15, 0.2) is 0 Å². The van der Waals surface area contributed by atoms with Gasteiger partial charge in [0.1, 0.15) is 0 Å². The summed E-state index contributed by atoms with van der Waals surface area (Å²) in [5.74, 6) is 0. The summed E-state index contributed by atoms with van der Waals surface area (Å²) < 4.78 is 27.9. The molecule has 0 aromatic heterocycles. The van der Waals surface area contributed by atoms with Crippen molar-refractivity contribution in [3.8, 4) is 0 Å². The quantitative estimate of drug-likeness (QED) is 0.472. The van der Waals surface area contributed by atoms with E-state index in [1.54, 1.807) is 30.3 Å². The first-order chi connectivity index (χ1) is 10.4. The van der Waals surface area contributed by atoms with E-state index in [-0.39, 0.29) is 9.80 Å². The van der Waals surface area contributed by atoms with E-state index >= 15 is 0 Å². The summed E-state index contributed by atoms with van der Waals surface area (Å²) in [7, 11) is -3.60. The second-order valence-electron chi connectivity index (χ2n) is 5.24. The van der Waals surface area contributed by atoms with Gasteiger partial charge in [-0.15, -0.1) is 0 Å². The zero-order valence-corrected chi connectivity index (χ0v) is 16.7. The maximum absolute atomic E-state index is 12.9. The number of unbranched alkanes of at least 4 members (excludes halogenated alkanes) is 1. The van der Waals surface area contributed by atoms with E-state index in [1.807, 2.05) is 13.8 Å². The zero-order valence-electron chi connectivity index (χ0n) is 13.6. The van der Waals surface area contributed by atoms with Crippen molar-refractivity contribution < 1.29 is 13.5 Å². The molecule has 0 radical (unpaired) electrons. The third-order valence-electron chi connectivity index (χ3n) is 3.37. The molecule has 0 aliphatic carbocycles. The minimum absolute atomic E-state index is 0.263. The Balaban J connectivity index is 3.23. The molecule has 1 aromatic rings. The van der Waals surface area contributed by atoms with E-state index in [9.17, 15) is 13.5 Å². The van der Waals surface area contributed by atoms with Gasteiger partial charge < -0.3 is 0 Å². The number of aliphatic hydroxyl groups is 1. The third-order valence-corrected chi connectivity index (χ3v) is 9.09. The van der Waals surface area contributed by atoms with Crippen LogP contribution in [0, 0.1) is 0 Å². The Morgan fingerprint density at radius 2 is 1.82 bits per heavy atom. The van der Waals surface area contributed by atoms with Crippen molar-refractivity contribution in [3.63, 3.8) is 0 Å². The van der Waals surface area contributed by atoms with Crippen molar-refractivity contribution in [2.24, 2.45) is 0 Å². The van der Waals surface area contributed by atoms with Crippen molar-refractivity contribution in [1.29, 1.82) is 0 Å². The van der Waals surface area contributed by atoms with Gasteiger partial charge in [-0.2, -0.15) is 0 Å². The summed E-state index contributed by atoms with van der Waals surface area (Å²) in [6.45, 7) is 5.99. The van der Waals surface area contributed by atoms with Gasteiger partial charge in [-0.05, 0) is 0 Å². The Hall–Kier alpha value is -0.340. The van der Waals surface area contributed by atoms with E-state index in [4.69, 9.17) is 0 Å². The molecule has 1 rings (SSSR count). The molecule has 0 aliphatic heterocycles. The minimum atomic E-state index is -3.60. The first-order valence-electron chi connectivity index (χ1n) is 7.76. The second-order valence-corrected chi connectivity index (χ2v) is 10.9. The number of benzene rings is 1. The average molecular weight is 438 g/mol. The molecule has 5 heteroatoms. The number of hydrogen-bond donors (Lipinski definition) is 1. The monoisotopic (exact) mass is 440 g/mol. The maximum atomic E-state index is 12.9. The molecule has 0 spiro atoms. The first-order valence-corrected chi connectivity index (χ1v) is 12.1. The molecule has 1 atom stereocenters. The van der Waals surface area contributed by atoms with Crippen LogP contribution in [0.4, 0.5) is 0 Å². The Morgan fingerprint density at radius 3 is 2.36 bits per heavy atom. The molecule has 22 heavy (non-hydrogen) atoms. The molecule has 0 saturated heterocycles. The Bertz CT molecular complexity index is 579. The van der Waals surface area contributed by atoms with Gasteiger partial charge in [-0.1, -0.05) is 0 Å². The number of hydrogen-bond acceptors (Lipinski definition) is 3. The molecule has 0 fully saturated rings. The number of allylic oxidation sites excluding steroid dienone is 1. The fraction of sp³-hybridized carbons (Fsp3) is 0.529. The summed E-state index contributed by atoms with van der Waals surface area (Å²) in [6, 6.07) is 8.45. The van der Waals surface area contributed by atoms with Crippen LogP contribution in [0.15, 0.2) is 43.8 Å². The van der Waals surface area contributed by atoms with Gasteiger partial charge in [0.2, 0.25) is 0 Å². The molecule has 1 N–H and O–H groups in total. The van der Waals surface area contributed by atoms with Crippen LogP contribution in [-0.4, -0.2) is 40.6 Å². The molecule has 3 nitrogen and oxygen atoms in total. The van der Waals surface area contributed by atoms with Gasteiger partial charge in [-0.3, -0.25) is 0 Å². The fourth-order valence-corrected chi connectivity index (χ4v) is 8.04. The molecule has 1 unspecified atom stereocenters. The summed E-state index contributed by atoms with van der Waals surface area (Å²) in [5.41, 5.74) is 0. The average Bonchev–Trinajstić information content (AvgIpc) is 2.48. The van der Waals surface area contributed by atoms with Crippen LogP contribution in [0.3, 0.4) is 0 Å². The Morgan fingerprint density at radius 1 is 1.18 bits per heavy atom. The van der Waals surface area contributed by atoms with Crippen LogP contribution in [-0.2, 0) is 9.84 Å². The van der Waals surface area contributed by atoms with Gasteiger partial charge in [0.25, 0.3) is 0 Å². The van der Waals surface area contributed by atoms with Gasteiger partial charge in [0, 0.05) is 0 Å². The van der Waals surface area contributed by atoms with Crippen LogP contribution in [0.25, 0.3) is 0 Å². The summed E-state index contributed by atoms with van der Waals surface area (Å²) >= 11 is -0.541. The van der Waals surface area contributed by atoms with Crippen molar-refractivity contribution in [1.82, 2.24) is 0 Å². The van der Waals surface area contributed by atoms with Crippen LogP contribution in [0.2, 0.25) is 4.47 Å². The van der Waals surface area contributed by atoms with Crippen molar-refractivity contribution in [2.45, 2.75) is 61.9 Å². The Kier molecular flexibility index (Phi) is 8.71. The Labute approximate surface area is 144 Å². The topological polar surface area (TPSA) is 54.4 Å². The van der Waals surface area contributed by atoms with E-state index in [0.717, 1.165) is 27.4 Å². The van der Waals surface area contributed by atoms with Crippen molar-refractivity contribution in [2.75, 3.05) is 0 Å². The van der Waals surface area contributed by atoms with Crippen LogP contribution >= 0.6 is 0 Å². The molecule has 0 saturated carbocycles. The molecule has 124 valence electrons. The fourth-order valence-electron chi connectivity index (χ4n) is 2.17. The van der Waals surface area contributed by atoms with E-state index < -0.39 is 36.9 Å². The molecule has 0 aliphatic rings. The van der Waals surface area contributed by atoms with Gasteiger partial charge >= 0.3 is 145 Å². The third kappa shape index (κ3) is 5.38. The van der Waals surface area contributed by atoms with E-state index in [2.05, 4.69) is 6.92 Å². The molecule has 0 amide bonds. The van der Waals surface area contributed by atoms with E-state index in [0.29, 0.717) is 6.42 Å². The molecule has 0 bridgehead atoms. The molecular weight excluding hydrogens is 412 g/mol. The first kappa shape index (κ1) is 19.7. The predicted molar refractivity (Wildman–Crippen MR) is 92.7 cm³/mol. The number of sulfone groups is 1. The summed E-state index contributed by atoms with van der Waals surface area (Å²) in [6.07, 6.45) is 2.61. The van der Waals surface area contributed by atoms with Crippen LogP contribution in [0.1, 0.15) is 46.5 Å². The van der Waals surface area contributed by atoms with Crippen LogP contribution in [0.5, 0.6) is 0 Å².